The van der Waals surface area contributed by atoms with E-state index in [4.69, 9.17) is 0 Å². The molecule has 0 saturated carbocycles. The molecule has 2 rings (SSSR count). The third kappa shape index (κ3) is 1.42. The van der Waals surface area contributed by atoms with Crippen LogP contribution in [0.3, 0.4) is 0 Å². The molecule has 1 heterocycles. The molecule has 4 nitrogen and oxygen atoms in total. The fourth-order valence-corrected chi connectivity index (χ4v) is 1.97. The number of benzene rings is 1. The Bertz CT molecular complexity index is 493. The van der Waals surface area contributed by atoms with Crippen LogP contribution < -0.4 is 5.32 Å². The summed E-state index contributed by atoms with van der Waals surface area (Å²) >= 11 is 1.25. The van der Waals surface area contributed by atoms with Crippen molar-refractivity contribution in [3.8, 4) is 5.75 Å². The molecule has 0 saturated heterocycles. The topological polar surface area (TPSA) is 62.2 Å². The van der Waals surface area contributed by atoms with E-state index >= 15 is 0 Å². The predicted molar refractivity (Wildman–Crippen MR) is 55.6 cm³/mol. The number of rotatable bonds is 1. The SMILES string of the molecule is CC(=O)Nc1ccc(O)c2cnsc12. The van der Waals surface area contributed by atoms with Crippen molar-refractivity contribution in [3.63, 3.8) is 0 Å². The normalized spacial score (nSPS) is 10.4. The number of aromatic nitrogens is 1. The maximum atomic E-state index is 10.9. The average Bonchev–Trinajstić information content (AvgIpc) is 2.58. The van der Waals surface area contributed by atoms with Gasteiger partial charge in [0.25, 0.3) is 0 Å². The Balaban J connectivity index is 2.60. The van der Waals surface area contributed by atoms with E-state index in [-0.39, 0.29) is 11.7 Å². The second-order valence-electron chi connectivity index (χ2n) is 2.88. The number of phenolic OH excluding ortho intramolecular Hbond substituents is 1. The predicted octanol–water partition coefficient (Wildman–Crippen LogP) is 1.96. The summed E-state index contributed by atoms with van der Waals surface area (Å²) in [5, 5.41) is 12.8. The number of fused-ring (bicyclic) bond motifs is 1. The van der Waals surface area contributed by atoms with Gasteiger partial charge in [0, 0.05) is 6.92 Å². The molecule has 5 heteroatoms. The van der Waals surface area contributed by atoms with Crippen LogP contribution in [0.1, 0.15) is 6.92 Å². The zero-order chi connectivity index (χ0) is 10.1. The minimum Gasteiger partial charge on any atom is -0.507 e. The lowest BCUT2D eigenvalue weighted by Gasteiger charge is -2.03. The number of aromatic hydroxyl groups is 1. The molecule has 1 amide bonds. The Morgan fingerprint density at radius 1 is 1.57 bits per heavy atom. The summed E-state index contributed by atoms with van der Waals surface area (Å²) in [7, 11) is 0. The zero-order valence-electron chi connectivity index (χ0n) is 7.44. The minimum atomic E-state index is -0.134. The zero-order valence-corrected chi connectivity index (χ0v) is 8.26. The summed E-state index contributed by atoms with van der Waals surface area (Å²) < 4.78 is 4.75. The first-order chi connectivity index (χ1) is 6.68. The molecule has 72 valence electrons. The quantitative estimate of drug-likeness (QED) is 0.704. The van der Waals surface area contributed by atoms with Crippen molar-refractivity contribution in [3.05, 3.63) is 18.3 Å². The maximum absolute atomic E-state index is 10.9. The second-order valence-corrected chi connectivity index (χ2v) is 3.68. The van der Waals surface area contributed by atoms with Crippen LogP contribution in [0.4, 0.5) is 5.69 Å². The van der Waals surface area contributed by atoms with Gasteiger partial charge in [0.05, 0.1) is 22.0 Å². The van der Waals surface area contributed by atoms with Crippen LogP contribution in [-0.2, 0) is 4.79 Å². The minimum absolute atomic E-state index is 0.134. The number of carbonyl (C=O) groups excluding carboxylic acids is 1. The molecular formula is C9H8N2O2S. The second kappa shape index (κ2) is 3.26. The van der Waals surface area contributed by atoms with Crippen LogP contribution in [0.15, 0.2) is 18.3 Å². The molecule has 0 spiro atoms. The summed E-state index contributed by atoms with van der Waals surface area (Å²) in [6.45, 7) is 1.44. The van der Waals surface area contributed by atoms with E-state index < -0.39 is 0 Å². The Hall–Kier alpha value is -1.62. The number of phenols is 1. The molecular weight excluding hydrogens is 200 g/mol. The van der Waals surface area contributed by atoms with Crippen molar-refractivity contribution >= 4 is 33.2 Å². The standard InChI is InChI=1S/C9H8N2O2S/c1-5(12)11-7-2-3-8(13)6-4-10-14-9(6)7/h2-4,13H,1H3,(H,11,12). The van der Waals surface area contributed by atoms with E-state index in [2.05, 4.69) is 9.69 Å². The summed E-state index contributed by atoms with van der Waals surface area (Å²) in [5.74, 6) is 0.0493. The van der Waals surface area contributed by atoms with Gasteiger partial charge < -0.3 is 10.4 Å². The van der Waals surface area contributed by atoms with Crippen LogP contribution in [0.2, 0.25) is 0 Å². The average molecular weight is 208 g/mol. The Kier molecular flexibility index (Phi) is 2.09. The summed E-state index contributed by atoms with van der Waals surface area (Å²) in [4.78, 5) is 10.9. The fraction of sp³-hybridized carbons (Fsp3) is 0.111. The van der Waals surface area contributed by atoms with Gasteiger partial charge in [0.15, 0.2) is 0 Å². The molecule has 0 aliphatic carbocycles. The number of nitrogens with zero attached hydrogens (tertiary/aromatic N) is 1. The summed E-state index contributed by atoms with van der Waals surface area (Å²) in [5.41, 5.74) is 0.688. The van der Waals surface area contributed by atoms with E-state index in [9.17, 15) is 9.90 Å². The molecule has 0 fully saturated rings. The van der Waals surface area contributed by atoms with Gasteiger partial charge in [-0.05, 0) is 23.7 Å². The lowest BCUT2D eigenvalue weighted by atomic mass is 10.2. The van der Waals surface area contributed by atoms with E-state index in [1.807, 2.05) is 0 Å². The molecule has 2 aromatic rings. The number of hydrogen-bond donors (Lipinski definition) is 2. The highest BCUT2D eigenvalue weighted by Gasteiger charge is 2.08. The molecule has 0 aliphatic rings. The van der Waals surface area contributed by atoms with E-state index in [0.717, 1.165) is 4.70 Å². The lowest BCUT2D eigenvalue weighted by Crippen LogP contribution is -2.05. The summed E-state index contributed by atoms with van der Waals surface area (Å²) in [6.07, 6.45) is 1.58. The van der Waals surface area contributed by atoms with Gasteiger partial charge in [-0.3, -0.25) is 4.79 Å². The third-order valence-corrected chi connectivity index (χ3v) is 2.64. The smallest absolute Gasteiger partial charge is 0.221 e. The number of nitrogens with one attached hydrogen (secondary N) is 1. The molecule has 1 aromatic heterocycles. The summed E-state index contributed by atoms with van der Waals surface area (Å²) in [6, 6.07) is 3.21. The molecule has 0 radical (unpaired) electrons. The van der Waals surface area contributed by atoms with Crippen molar-refractivity contribution in [2.24, 2.45) is 0 Å². The van der Waals surface area contributed by atoms with Crippen molar-refractivity contribution < 1.29 is 9.90 Å². The van der Waals surface area contributed by atoms with Crippen LogP contribution in [-0.4, -0.2) is 15.4 Å². The van der Waals surface area contributed by atoms with Crippen LogP contribution >= 0.6 is 11.5 Å². The molecule has 1 aromatic carbocycles. The Morgan fingerprint density at radius 3 is 3.07 bits per heavy atom. The molecule has 0 bridgehead atoms. The van der Waals surface area contributed by atoms with E-state index in [1.54, 1.807) is 18.3 Å². The monoisotopic (exact) mass is 208 g/mol. The van der Waals surface area contributed by atoms with Gasteiger partial charge in [-0.1, -0.05) is 0 Å². The number of amides is 1. The molecule has 0 atom stereocenters. The lowest BCUT2D eigenvalue weighted by molar-refractivity contribution is -0.114. The molecule has 0 unspecified atom stereocenters. The van der Waals surface area contributed by atoms with Crippen molar-refractivity contribution in [2.75, 3.05) is 5.32 Å². The van der Waals surface area contributed by atoms with Crippen molar-refractivity contribution in [1.82, 2.24) is 4.37 Å². The maximum Gasteiger partial charge on any atom is 0.221 e. The van der Waals surface area contributed by atoms with Gasteiger partial charge in [0.2, 0.25) is 5.91 Å². The Labute approximate surface area is 84.3 Å². The molecule has 14 heavy (non-hydrogen) atoms. The highest BCUT2D eigenvalue weighted by atomic mass is 32.1. The number of hydrogen-bond acceptors (Lipinski definition) is 4. The highest BCUT2D eigenvalue weighted by molar-refractivity contribution is 7.14. The molecule has 0 aliphatic heterocycles. The first-order valence-corrected chi connectivity index (χ1v) is 4.80. The van der Waals surface area contributed by atoms with Gasteiger partial charge in [-0.2, -0.15) is 4.37 Å². The Morgan fingerprint density at radius 2 is 2.36 bits per heavy atom. The van der Waals surface area contributed by atoms with Crippen LogP contribution in [0.5, 0.6) is 5.75 Å². The van der Waals surface area contributed by atoms with Gasteiger partial charge in [-0.25, -0.2) is 0 Å². The number of carbonyl (C=O) groups is 1. The van der Waals surface area contributed by atoms with Crippen molar-refractivity contribution in [1.29, 1.82) is 0 Å². The first-order valence-electron chi connectivity index (χ1n) is 4.02. The highest BCUT2D eigenvalue weighted by Crippen LogP contribution is 2.33. The molecule has 2 N–H and O–H groups in total. The van der Waals surface area contributed by atoms with Gasteiger partial charge in [-0.15, -0.1) is 0 Å². The van der Waals surface area contributed by atoms with E-state index in [0.29, 0.717) is 11.1 Å². The largest absolute Gasteiger partial charge is 0.507 e. The fourth-order valence-electron chi connectivity index (χ4n) is 1.23. The first kappa shape index (κ1) is 8.96. The third-order valence-electron chi connectivity index (χ3n) is 1.81. The van der Waals surface area contributed by atoms with Gasteiger partial charge in [0.1, 0.15) is 5.75 Å². The van der Waals surface area contributed by atoms with Crippen molar-refractivity contribution in [2.45, 2.75) is 6.92 Å². The van der Waals surface area contributed by atoms with Gasteiger partial charge >= 0.3 is 0 Å². The van der Waals surface area contributed by atoms with Crippen LogP contribution in [0.25, 0.3) is 10.1 Å². The van der Waals surface area contributed by atoms with E-state index in [1.165, 1.54) is 18.5 Å². The van der Waals surface area contributed by atoms with Crippen LogP contribution in [0, 0.1) is 0 Å². The number of anilines is 1.